The van der Waals surface area contributed by atoms with Crippen LogP contribution in [0.2, 0.25) is 0 Å². The summed E-state index contributed by atoms with van der Waals surface area (Å²) in [7, 11) is 0. The van der Waals surface area contributed by atoms with Gasteiger partial charge in [0, 0.05) is 28.5 Å². The first kappa shape index (κ1) is 33.4. The van der Waals surface area contributed by atoms with Crippen LogP contribution < -0.4 is 0 Å². The molecule has 0 unspecified atom stereocenters. The molecule has 4 heterocycles. The summed E-state index contributed by atoms with van der Waals surface area (Å²) in [5, 5.41) is 2.23. The number of nitrogens with zero attached hydrogens (tertiary/aromatic N) is 4. The third kappa shape index (κ3) is 6.01. The molecule has 0 saturated carbocycles. The van der Waals surface area contributed by atoms with Crippen LogP contribution in [0, 0.1) is 0 Å². The van der Waals surface area contributed by atoms with Gasteiger partial charge in [0.25, 0.3) is 0 Å². The van der Waals surface area contributed by atoms with Crippen molar-refractivity contribution in [1.82, 2.24) is 19.9 Å². The molecule has 0 spiro atoms. The van der Waals surface area contributed by atoms with Crippen LogP contribution in [-0.4, -0.2) is 19.9 Å². The van der Waals surface area contributed by atoms with Crippen molar-refractivity contribution in [3.05, 3.63) is 194 Å². The van der Waals surface area contributed by atoms with E-state index >= 15 is 0 Å². The van der Waals surface area contributed by atoms with E-state index in [1.54, 1.807) is 6.20 Å². The van der Waals surface area contributed by atoms with Crippen molar-refractivity contribution in [3.63, 3.8) is 0 Å². The minimum atomic E-state index is 0.616. The van der Waals surface area contributed by atoms with Gasteiger partial charge in [-0.1, -0.05) is 121 Å². The Kier molecular flexibility index (Phi) is 8.04. The Morgan fingerprint density at radius 2 is 0.845 bits per heavy atom. The third-order valence-corrected chi connectivity index (χ3v) is 10.7. The quantitative estimate of drug-likeness (QED) is 0.162. The second-order valence-electron chi connectivity index (χ2n) is 14.2. The van der Waals surface area contributed by atoms with Crippen LogP contribution in [0.3, 0.4) is 0 Å². The molecule has 0 atom stereocenters. The van der Waals surface area contributed by atoms with E-state index in [9.17, 15) is 0 Å². The first-order valence-corrected chi connectivity index (χ1v) is 19.2. The van der Waals surface area contributed by atoms with Gasteiger partial charge in [0.1, 0.15) is 11.0 Å². The molecule has 0 bridgehead atoms. The van der Waals surface area contributed by atoms with Gasteiger partial charge in [-0.2, -0.15) is 0 Å². The molecular formula is C52H32N4O2. The van der Waals surface area contributed by atoms with Crippen molar-refractivity contribution in [3.8, 4) is 78.9 Å². The number of aromatic nitrogens is 4. The number of para-hydroxylation sites is 4. The average Bonchev–Trinajstić information content (AvgIpc) is 3.94. The lowest BCUT2D eigenvalue weighted by Crippen LogP contribution is -1.94. The van der Waals surface area contributed by atoms with Gasteiger partial charge in [0.05, 0.1) is 17.1 Å². The van der Waals surface area contributed by atoms with E-state index in [1.807, 2.05) is 66.7 Å². The third-order valence-electron chi connectivity index (χ3n) is 10.7. The summed E-state index contributed by atoms with van der Waals surface area (Å²) in [6, 6.07) is 64.3. The van der Waals surface area contributed by atoms with E-state index in [2.05, 4.69) is 131 Å². The lowest BCUT2D eigenvalue weighted by atomic mass is 9.93. The maximum atomic E-state index is 6.19. The molecule has 4 aromatic heterocycles. The highest BCUT2D eigenvalue weighted by molar-refractivity contribution is 6.04. The van der Waals surface area contributed by atoms with Gasteiger partial charge in [-0.3, -0.25) is 4.98 Å². The van der Waals surface area contributed by atoms with Gasteiger partial charge in [0.2, 0.25) is 11.8 Å². The lowest BCUT2D eigenvalue weighted by Gasteiger charge is -2.14. The highest BCUT2D eigenvalue weighted by Gasteiger charge is 2.16. The summed E-state index contributed by atoms with van der Waals surface area (Å²) in [5.74, 6) is 1.24. The Balaban J connectivity index is 0.930. The zero-order valence-corrected chi connectivity index (χ0v) is 31.1. The molecule has 0 amide bonds. The average molecular weight is 745 g/mol. The van der Waals surface area contributed by atoms with Gasteiger partial charge >= 0.3 is 0 Å². The summed E-state index contributed by atoms with van der Waals surface area (Å²) in [5.41, 5.74) is 15.3. The Morgan fingerprint density at radius 1 is 0.310 bits per heavy atom. The number of fused-ring (bicyclic) bond motifs is 3. The highest BCUT2D eigenvalue weighted by Crippen LogP contribution is 2.39. The first-order valence-electron chi connectivity index (χ1n) is 19.2. The van der Waals surface area contributed by atoms with E-state index in [1.165, 1.54) is 0 Å². The Hall–Kier alpha value is -7.96. The number of oxazole rings is 2. The number of pyridine rings is 2. The second kappa shape index (κ2) is 14.0. The van der Waals surface area contributed by atoms with Crippen molar-refractivity contribution in [1.29, 1.82) is 0 Å². The SMILES string of the molecule is c1ccc(-c2ccc(-c3ccc(-c4cccc5c(-c6nc7ccccc7o6)cccc45)cc3)c(-c3ccc(-c4ccc(-c5nc6ccccc6o5)cc4)cc3)n2)nc1. The van der Waals surface area contributed by atoms with Crippen molar-refractivity contribution in [2.45, 2.75) is 0 Å². The van der Waals surface area contributed by atoms with Gasteiger partial charge in [0.15, 0.2) is 11.2 Å². The van der Waals surface area contributed by atoms with Crippen LogP contribution in [0.5, 0.6) is 0 Å². The topological polar surface area (TPSA) is 77.8 Å². The van der Waals surface area contributed by atoms with Gasteiger partial charge in [-0.05, 0) is 105 Å². The Bertz CT molecular complexity index is 3190. The number of hydrogen-bond donors (Lipinski definition) is 0. The zero-order chi connectivity index (χ0) is 38.4. The molecule has 0 aliphatic rings. The van der Waals surface area contributed by atoms with Crippen LogP contribution in [0.4, 0.5) is 0 Å². The minimum absolute atomic E-state index is 0.616. The summed E-state index contributed by atoms with van der Waals surface area (Å²) < 4.78 is 12.2. The van der Waals surface area contributed by atoms with Gasteiger partial charge < -0.3 is 8.83 Å². The minimum Gasteiger partial charge on any atom is -0.436 e. The molecule has 0 aliphatic heterocycles. The standard InChI is InChI=1S/C52H32N4O2/c1-3-16-48-46(14-1)55-51(57-48)38-28-20-34(21-29-38)33-18-26-37(27-19-33)50-40(30-31-45(54-50)44-13-5-6-32-53-44)36-24-22-35(23-25-36)39-9-7-11-42-41(39)10-8-12-43(42)52-56-47-15-2-4-17-49(47)58-52/h1-32H. The van der Waals surface area contributed by atoms with Crippen LogP contribution in [0.25, 0.3) is 112 Å². The molecule has 7 aromatic carbocycles. The highest BCUT2D eigenvalue weighted by atomic mass is 16.4. The van der Waals surface area contributed by atoms with Crippen molar-refractivity contribution in [2.75, 3.05) is 0 Å². The lowest BCUT2D eigenvalue weighted by molar-refractivity contribution is 0.619. The monoisotopic (exact) mass is 744 g/mol. The fraction of sp³-hybridized carbons (Fsp3) is 0. The molecule has 0 fully saturated rings. The number of rotatable bonds is 7. The molecule has 0 saturated heterocycles. The molecule has 0 N–H and O–H groups in total. The fourth-order valence-electron chi connectivity index (χ4n) is 7.76. The van der Waals surface area contributed by atoms with Gasteiger partial charge in [-0.25, -0.2) is 15.0 Å². The van der Waals surface area contributed by atoms with Crippen LogP contribution in [0.15, 0.2) is 203 Å². The normalized spacial score (nSPS) is 11.4. The van der Waals surface area contributed by atoms with Crippen molar-refractivity contribution < 1.29 is 8.83 Å². The molecule has 0 radical (unpaired) electrons. The molecule has 11 rings (SSSR count). The first-order chi connectivity index (χ1) is 28.7. The molecule has 11 aromatic rings. The van der Waals surface area contributed by atoms with E-state index in [-0.39, 0.29) is 0 Å². The summed E-state index contributed by atoms with van der Waals surface area (Å²) >= 11 is 0. The number of benzene rings is 7. The van der Waals surface area contributed by atoms with Crippen molar-refractivity contribution >= 4 is 33.0 Å². The summed E-state index contributed by atoms with van der Waals surface area (Å²) in [6.07, 6.45) is 1.80. The fourth-order valence-corrected chi connectivity index (χ4v) is 7.76. The van der Waals surface area contributed by atoms with E-state index in [0.29, 0.717) is 11.8 Å². The van der Waals surface area contributed by atoms with Crippen LogP contribution in [-0.2, 0) is 0 Å². The predicted octanol–water partition coefficient (Wildman–Crippen LogP) is 13.6. The maximum Gasteiger partial charge on any atom is 0.227 e. The summed E-state index contributed by atoms with van der Waals surface area (Å²) in [4.78, 5) is 19.3. The predicted molar refractivity (Wildman–Crippen MR) is 233 cm³/mol. The Morgan fingerprint density at radius 3 is 1.50 bits per heavy atom. The van der Waals surface area contributed by atoms with E-state index < -0.39 is 0 Å². The Labute approximate surface area is 333 Å². The molecule has 6 nitrogen and oxygen atoms in total. The maximum absolute atomic E-state index is 6.19. The molecular weight excluding hydrogens is 713 g/mol. The smallest absolute Gasteiger partial charge is 0.227 e. The van der Waals surface area contributed by atoms with Crippen LogP contribution >= 0.6 is 0 Å². The molecule has 58 heavy (non-hydrogen) atoms. The zero-order valence-electron chi connectivity index (χ0n) is 31.1. The second-order valence-corrected chi connectivity index (χ2v) is 14.2. The molecule has 0 aliphatic carbocycles. The van der Waals surface area contributed by atoms with Crippen LogP contribution in [0.1, 0.15) is 0 Å². The summed E-state index contributed by atoms with van der Waals surface area (Å²) in [6.45, 7) is 0. The van der Waals surface area contributed by atoms with Gasteiger partial charge in [-0.15, -0.1) is 0 Å². The number of hydrogen-bond acceptors (Lipinski definition) is 6. The molecule has 6 heteroatoms. The van der Waals surface area contributed by atoms with E-state index in [0.717, 1.165) is 100 Å². The molecule has 272 valence electrons. The van der Waals surface area contributed by atoms with Crippen molar-refractivity contribution in [2.24, 2.45) is 0 Å². The van der Waals surface area contributed by atoms with E-state index in [4.69, 9.17) is 18.8 Å². The largest absolute Gasteiger partial charge is 0.436 e.